The van der Waals surface area contributed by atoms with Crippen LogP contribution in [0.2, 0.25) is 0 Å². The van der Waals surface area contributed by atoms with Gasteiger partial charge in [-0.1, -0.05) is 42.5 Å². The Bertz CT molecular complexity index is 1530. The predicted octanol–water partition coefficient (Wildman–Crippen LogP) is 3.41. The van der Waals surface area contributed by atoms with E-state index in [1.54, 1.807) is 36.4 Å². The van der Waals surface area contributed by atoms with Crippen molar-refractivity contribution in [3.05, 3.63) is 92.8 Å². The summed E-state index contributed by atoms with van der Waals surface area (Å²) in [4.78, 5) is 40.4. The molecule has 36 heavy (non-hydrogen) atoms. The molecule has 0 N–H and O–H groups in total. The topological polar surface area (TPSA) is 135 Å². The maximum absolute atomic E-state index is 13.3. The van der Waals surface area contributed by atoms with E-state index in [1.165, 1.54) is 32.6 Å². The van der Waals surface area contributed by atoms with Gasteiger partial charge in [0.2, 0.25) is 5.75 Å². The molecule has 0 aliphatic rings. The molecule has 11 nitrogen and oxygen atoms in total. The summed E-state index contributed by atoms with van der Waals surface area (Å²) in [6.07, 6.45) is 1.28. The zero-order valence-corrected chi connectivity index (χ0v) is 19.3. The molecule has 0 bridgehead atoms. The monoisotopic (exact) mass is 488 g/mol. The maximum Gasteiger partial charge on any atom is 0.343 e. The number of methoxy groups -OCH3 is 2. The molecule has 1 heterocycles. The normalized spacial score (nSPS) is 10.9. The van der Waals surface area contributed by atoms with Gasteiger partial charge in [0.15, 0.2) is 18.2 Å². The largest absolute Gasteiger partial charge is 0.493 e. The number of rotatable bonds is 8. The Morgan fingerprint density at radius 2 is 1.83 bits per heavy atom. The highest BCUT2D eigenvalue weighted by atomic mass is 16.6. The Kier molecular flexibility index (Phi) is 7.00. The second-order valence-electron chi connectivity index (χ2n) is 7.37. The quantitative estimate of drug-likeness (QED) is 0.159. The Labute approximate surface area is 204 Å². The molecule has 0 aliphatic carbocycles. The average Bonchev–Trinajstić information content (AvgIpc) is 2.91. The van der Waals surface area contributed by atoms with Crippen LogP contribution < -0.4 is 15.0 Å². The first-order valence-corrected chi connectivity index (χ1v) is 10.6. The lowest BCUT2D eigenvalue weighted by Gasteiger charge is -2.11. The molecule has 0 aliphatic heterocycles. The van der Waals surface area contributed by atoms with Gasteiger partial charge in [0.25, 0.3) is 5.56 Å². The van der Waals surface area contributed by atoms with Gasteiger partial charge in [-0.05, 0) is 18.2 Å². The first-order chi connectivity index (χ1) is 17.4. The minimum absolute atomic E-state index is 0.00168. The molecule has 11 heteroatoms. The van der Waals surface area contributed by atoms with Crippen LogP contribution in [0.15, 0.2) is 76.6 Å². The summed E-state index contributed by atoms with van der Waals surface area (Å²) in [6.45, 7) is -0.542. The number of para-hydroxylation sites is 1. The van der Waals surface area contributed by atoms with Gasteiger partial charge in [-0.3, -0.25) is 14.9 Å². The number of benzene rings is 3. The molecule has 0 radical (unpaired) electrons. The fraction of sp³-hybridized carbons (Fsp3) is 0.120. The van der Waals surface area contributed by atoms with Gasteiger partial charge in [-0.25, -0.2) is 9.78 Å². The number of nitro benzene ring substituents is 1. The van der Waals surface area contributed by atoms with Crippen molar-refractivity contribution in [1.29, 1.82) is 0 Å². The van der Waals surface area contributed by atoms with Crippen LogP contribution in [0.3, 0.4) is 0 Å². The van der Waals surface area contributed by atoms with Gasteiger partial charge in [0, 0.05) is 17.2 Å². The molecule has 0 saturated heterocycles. The molecular weight excluding hydrogens is 468 g/mol. The Morgan fingerprint density at radius 3 is 2.53 bits per heavy atom. The van der Waals surface area contributed by atoms with E-state index in [4.69, 9.17) is 9.47 Å². The number of nitrogens with zero attached hydrogens (tertiary/aromatic N) is 4. The number of carbonyl (C=O) groups is 1. The van der Waals surface area contributed by atoms with E-state index in [-0.39, 0.29) is 17.1 Å². The minimum Gasteiger partial charge on any atom is -0.493 e. The number of hydrogen-bond donors (Lipinski definition) is 0. The number of esters is 1. The van der Waals surface area contributed by atoms with Crippen molar-refractivity contribution in [3.63, 3.8) is 0 Å². The highest BCUT2D eigenvalue weighted by Gasteiger charge is 2.23. The van der Waals surface area contributed by atoms with Crippen molar-refractivity contribution in [3.8, 4) is 22.9 Å². The van der Waals surface area contributed by atoms with Crippen LogP contribution in [0, 0.1) is 10.1 Å². The fourth-order valence-electron chi connectivity index (χ4n) is 3.43. The Hall–Kier alpha value is -5.06. The van der Waals surface area contributed by atoms with Gasteiger partial charge in [-0.15, -0.1) is 0 Å². The fourth-order valence-corrected chi connectivity index (χ4v) is 3.43. The lowest BCUT2D eigenvalue weighted by Crippen LogP contribution is -2.20. The third-order valence-corrected chi connectivity index (χ3v) is 5.14. The average molecular weight is 488 g/mol. The molecular formula is C25H20N4O7. The highest BCUT2D eigenvalue weighted by molar-refractivity contribution is 5.84. The molecule has 0 amide bonds. The maximum atomic E-state index is 13.3. The van der Waals surface area contributed by atoms with Gasteiger partial charge < -0.3 is 14.2 Å². The summed E-state index contributed by atoms with van der Waals surface area (Å²) in [7, 11) is 2.47. The van der Waals surface area contributed by atoms with Crippen LogP contribution in [-0.4, -0.2) is 47.6 Å². The summed E-state index contributed by atoms with van der Waals surface area (Å²) < 4.78 is 16.2. The molecule has 182 valence electrons. The van der Waals surface area contributed by atoms with Crippen molar-refractivity contribution in [1.82, 2.24) is 9.66 Å². The van der Waals surface area contributed by atoms with Gasteiger partial charge in [0.1, 0.15) is 0 Å². The molecule has 0 unspecified atom stereocenters. The molecule has 0 fully saturated rings. The molecule has 0 atom stereocenters. The SMILES string of the molecule is COC(=O)COc1c(OC)cc(C=Nn2c(-c3ccccc3)nc3ccccc3c2=O)cc1[N+](=O)[O-]. The predicted molar refractivity (Wildman–Crippen MR) is 132 cm³/mol. The first-order valence-electron chi connectivity index (χ1n) is 10.6. The number of aromatic nitrogens is 2. The standard InChI is InChI=1S/C25H20N4O7/c1-34-21-13-16(12-20(29(32)33)23(21)36-15-22(30)35-2)14-26-28-24(17-8-4-3-5-9-17)27-19-11-7-6-10-18(19)25(28)31/h3-14H,15H2,1-2H3. The van der Waals surface area contributed by atoms with Gasteiger partial charge >= 0.3 is 11.7 Å². The number of carbonyl (C=O) groups excluding carboxylic acids is 1. The molecule has 4 rings (SSSR count). The number of ether oxygens (including phenoxy) is 3. The lowest BCUT2D eigenvalue weighted by atomic mass is 10.2. The third kappa shape index (κ3) is 4.89. The van der Waals surface area contributed by atoms with E-state index in [9.17, 15) is 19.7 Å². The number of nitro groups is 1. The van der Waals surface area contributed by atoms with Crippen LogP contribution in [0.5, 0.6) is 11.5 Å². The lowest BCUT2D eigenvalue weighted by molar-refractivity contribution is -0.385. The highest BCUT2D eigenvalue weighted by Crippen LogP contribution is 2.38. The second kappa shape index (κ2) is 10.5. The third-order valence-electron chi connectivity index (χ3n) is 5.14. The van der Waals surface area contributed by atoms with E-state index >= 15 is 0 Å². The van der Waals surface area contributed by atoms with Gasteiger partial charge in [-0.2, -0.15) is 9.78 Å². The summed E-state index contributed by atoms with van der Waals surface area (Å²) in [5, 5.41) is 16.4. The summed E-state index contributed by atoms with van der Waals surface area (Å²) in [5.41, 5.74) is 0.565. The number of fused-ring (bicyclic) bond motifs is 1. The van der Waals surface area contributed by atoms with E-state index in [2.05, 4.69) is 14.8 Å². The second-order valence-corrected chi connectivity index (χ2v) is 7.37. The van der Waals surface area contributed by atoms with Crippen LogP contribution in [0.4, 0.5) is 5.69 Å². The zero-order chi connectivity index (χ0) is 25.7. The minimum atomic E-state index is -0.714. The number of hydrogen-bond acceptors (Lipinski definition) is 9. The molecule has 3 aromatic carbocycles. The summed E-state index contributed by atoms with van der Waals surface area (Å²) >= 11 is 0. The van der Waals surface area contributed by atoms with Crippen LogP contribution >= 0.6 is 0 Å². The van der Waals surface area contributed by atoms with E-state index in [0.717, 1.165) is 4.68 Å². The smallest absolute Gasteiger partial charge is 0.343 e. The van der Waals surface area contributed by atoms with Crippen molar-refractivity contribution in [2.24, 2.45) is 5.10 Å². The van der Waals surface area contributed by atoms with Gasteiger partial charge in [0.05, 0.1) is 36.3 Å². The van der Waals surface area contributed by atoms with Crippen molar-refractivity contribution in [2.45, 2.75) is 0 Å². The van der Waals surface area contributed by atoms with E-state index < -0.39 is 28.7 Å². The summed E-state index contributed by atoms with van der Waals surface area (Å²) in [5.74, 6) is -0.648. The Morgan fingerprint density at radius 1 is 1.11 bits per heavy atom. The molecule has 0 saturated carbocycles. The summed E-state index contributed by atoms with van der Waals surface area (Å²) in [6, 6.07) is 18.6. The van der Waals surface area contributed by atoms with Crippen LogP contribution in [0.1, 0.15) is 5.56 Å². The van der Waals surface area contributed by atoms with Crippen molar-refractivity contribution < 1.29 is 23.9 Å². The van der Waals surface area contributed by atoms with E-state index in [0.29, 0.717) is 22.3 Å². The first kappa shape index (κ1) is 24.1. The van der Waals surface area contributed by atoms with Crippen molar-refractivity contribution in [2.75, 3.05) is 20.8 Å². The molecule has 1 aromatic heterocycles. The Balaban J connectivity index is 1.83. The molecule has 0 spiro atoms. The van der Waals surface area contributed by atoms with Crippen LogP contribution in [0.25, 0.3) is 22.3 Å². The molecule has 4 aromatic rings. The zero-order valence-electron chi connectivity index (χ0n) is 19.3. The van der Waals surface area contributed by atoms with E-state index in [1.807, 2.05) is 18.2 Å². The van der Waals surface area contributed by atoms with Crippen molar-refractivity contribution >= 4 is 28.8 Å². The van der Waals surface area contributed by atoms with Crippen LogP contribution in [-0.2, 0) is 9.53 Å².